The van der Waals surface area contributed by atoms with Crippen LogP contribution in [-0.2, 0) is 9.47 Å². The number of hydrogen-bond donors (Lipinski definition) is 1. The zero-order valence-corrected chi connectivity index (χ0v) is 17.7. The molecule has 31 heavy (non-hydrogen) atoms. The second-order valence-electron chi connectivity index (χ2n) is 7.41. The Morgan fingerprint density at radius 1 is 1.03 bits per heavy atom. The van der Waals surface area contributed by atoms with E-state index in [0.29, 0.717) is 17.1 Å². The first-order valence-electron chi connectivity index (χ1n) is 9.91. The van der Waals surface area contributed by atoms with Crippen molar-refractivity contribution < 1.29 is 27.4 Å². The average molecular weight is 433 g/mol. The summed E-state index contributed by atoms with van der Waals surface area (Å²) in [4.78, 5) is 0. The van der Waals surface area contributed by atoms with Gasteiger partial charge in [0, 0.05) is 24.6 Å². The Bertz CT molecular complexity index is 941. The number of rotatable bonds is 8. The fourth-order valence-corrected chi connectivity index (χ4v) is 3.66. The zero-order valence-electron chi connectivity index (χ0n) is 17.7. The number of hydrogen-bond acceptors (Lipinski definition) is 4. The van der Waals surface area contributed by atoms with Gasteiger partial charge >= 0.3 is 6.36 Å². The molecule has 2 atom stereocenters. The lowest BCUT2D eigenvalue weighted by Crippen LogP contribution is -2.47. The molecule has 166 valence electrons. The van der Waals surface area contributed by atoms with Gasteiger partial charge in [-0.25, -0.2) is 0 Å². The highest BCUT2D eigenvalue weighted by Gasteiger charge is 2.44. The van der Waals surface area contributed by atoms with Gasteiger partial charge in [0.25, 0.3) is 0 Å². The van der Waals surface area contributed by atoms with Gasteiger partial charge < -0.3 is 14.8 Å². The highest BCUT2D eigenvalue weighted by molar-refractivity contribution is 5.72. The summed E-state index contributed by atoms with van der Waals surface area (Å²) in [5.74, 6) is 1.21. The molecule has 0 aromatic heterocycles. The van der Waals surface area contributed by atoms with Crippen molar-refractivity contribution in [1.82, 2.24) is 5.32 Å². The molecule has 0 aliphatic heterocycles. The standard InChI is InChI=1S/C24H26F3NO3/c1-17(19-10-7-11-20(14-19)29-2)28-16-23(31-24(25,26)27)13-12-22(30-3)21(15-23)18-8-5-4-6-9-18/h4-14,17,28H,15-16H2,1-3H3/t17-,23?/m1/s1. The lowest BCUT2D eigenvalue weighted by molar-refractivity contribution is -0.357. The Balaban J connectivity index is 1.86. The van der Waals surface area contributed by atoms with Crippen molar-refractivity contribution in [1.29, 1.82) is 0 Å². The number of halogens is 3. The minimum atomic E-state index is -4.79. The van der Waals surface area contributed by atoms with Crippen LogP contribution in [0.5, 0.6) is 5.75 Å². The van der Waals surface area contributed by atoms with E-state index in [4.69, 9.17) is 9.47 Å². The fourth-order valence-electron chi connectivity index (χ4n) is 3.66. The van der Waals surface area contributed by atoms with Crippen molar-refractivity contribution in [3.05, 3.63) is 83.6 Å². The van der Waals surface area contributed by atoms with Gasteiger partial charge in [0.15, 0.2) is 0 Å². The number of nitrogens with one attached hydrogen (secondary N) is 1. The Morgan fingerprint density at radius 3 is 2.42 bits per heavy atom. The van der Waals surface area contributed by atoms with Crippen LogP contribution in [0.15, 0.2) is 72.5 Å². The molecule has 0 radical (unpaired) electrons. The summed E-state index contributed by atoms with van der Waals surface area (Å²) in [6, 6.07) is 16.4. The maximum absolute atomic E-state index is 13.4. The smallest absolute Gasteiger partial charge is 0.497 e. The second kappa shape index (κ2) is 9.58. The summed E-state index contributed by atoms with van der Waals surface area (Å²) in [6.07, 6.45) is -1.81. The minimum absolute atomic E-state index is 0.00796. The van der Waals surface area contributed by atoms with Crippen LogP contribution in [0.3, 0.4) is 0 Å². The van der Waals surface area contributed by atoms with E-state index in [9.17, 15) is 13.2 Å². The van der Waals surface area contributed by atoms with Gasteiger partial charge in [-0.1, -0.05) is 42.5 Å². The minimum Gasteiger partial charge on any atom is -0.497 e. The first-order valence-corrected chi connectivity index (χ1v) is 9.91. The Morgan fingerprint density at radius 2 is 1.77 bits per heavy atom. The van der Waals surface area contributed by atoms with Gasteiger partial charge in [0.2, 0.25) is 0 Å². The predicted octanol–water partition coefficient (Wildman–Crippen LogP) is 5.64. The number of ether oxygens (including phenoxy) is 3. The predicted molar refractivity (Wildman–Crippen MR) is 113 cm³/mol. The van der Waals surface area contributed by atoms with Crippen molar-refractivity contribution in [3.8, 4) is 5.75 Å². The summed E-state index contributed by atoms with van der Waals surface area (Å²) in [6.45, 7) is 1.84. The highest BCUT2D eigenvalue weighted by atomic mass is 19.4. The lowest BCUT2D eigenvalue weighted by atomic mass is 9.85. The van der Waals surface area contributed by atoms with Crippen molar-refractivity contribution in [2.24, 2.45) is 0 Å². The summed E-state index contributed by atoms with van der Waals surface area (Å²) in [7, 11) is 3.07. The SMILES string of the molecule is COC1=C(c2ccccc2)CC(CN[C@H](C)c2cccc(OC)c2)(OC(F)(F)F)C=C1. The monoisotopic (exact) mass is 433 g/mol. The van der Waals surface area contributed by atoms with Crippen LogP contribution in [0.1, 0.15) is 30.5 Å². The number of benzene rings is 2. The number of allylic oxidation sites excluding steroid dienone is 1. The molecule has 0 bridgehead atoms. The molecule has 2 aromatic carbocycles. The van der Waals surface area contributed by atoms with E-state index >= 15 is 0 Å². The third kappa shape index (κ3) is 5.89. The number of alkyl halides is 3. The molecule has 7 heteroatoms. The topological polar surface area (TPSA) is 39.7 Å². The zero-order chi connectivity index (χ0) is 22.5. The van der Waals surface area contributed by atoms with Crippen LogP contribution >= 0.6 is 0 Å². The molecule has 3 rings (SSSR count). The van der Waals surface area contributed by atoms with Crippen molar-refractivity contribution >= 4 is 5.57 Å². The van der Waals surface area contributed by atoms with E-state index in [1.54, 1.807) is 13.2 Å². The van der Waals surface area contributed by atoms with Gasteiger partial charge in [0.05, 0.1) is 14.2 Å². The first kappa shape index (κ1) is 22.9. The largest absolute Gasteiger partial charge is 0.523 e. The molecule has 0 fully saturated rings. The summed E-state index contributed by atoms with van der Waals surface area (Å²) in [5, 5.41) is 3.19. The van der Waals surface area contributed by atoms with E-state index < -0.39 is 12.0 Å². The second-order valence-corrected chi connectivity index (χ2v) is 7.41. The maximum atomic E-state index is 13.4. The molecule has 1 N–H and O–H groups in total. The van der Waals surface area contributed by atoms with Crippen molar-refractivity contribution in [2.75, 3.05) is 20.8 Å². The van der Waals surface area contributed by atoms with E-state index in [1.807, 2.05) is 61.5 Å². The van der Waals surface area contributed by atoms with E-state index in [-0.39, 0.29) is 19.0 Å². The van der Waals surface area contributed by atoms with E-state index in [0.717, 1.165) is 11.1 Å². The van der Waals surface area contributed by atoms with Crippen LogP contribution in [0.2, 0.25) is 0 Å². The Labute approximate surface area is 180 Å². The summed E-state index contributed by atoms with van der Waals surface area (Å²) < 4.78 is 55.5. The molecular formula is C24H26F3NO3. The van der Waals surface area contributed by atoms with Crippen molar-refractivity contribution in [3.63, 3.8) is 0 Å². The molecule has 1 unspecified atom stereocenters. The third-order valence-corrected chi connectivity index (χ3v) is 5.27. The van der Waals surface area contributed by atoms with Crippen LogP contribution in [-0.4, -0.2) is 32.7 Å². The molecule has 0 spiro atoms. The first-order chi connectivity index (χ1) is 14.8. The van der Waals surface area contributed by atoms with Crippen LogP contribution in [0.4, 0.5) is 13.2 Å². The maximum Gasteiger partial charge on any atom is 0.523 e. The average Bonchev–Trinajstić information content (AvgIpc) is 2.77. The summed E-state index contributed by atoms with van der Waals surface area (Å²) in [5.41, 5.74) is 0.738. The molecule has 2 aromatic rings. The summed E-state index contributed by atoms with van der Waals surface area (Å²) >= 11 is 0. The molecule has 0 saturated carbocycles. The van der Waals surface area contributed by atoms with Gasteiger partial charge in [0.1, 0.15) is 17.1 Å². The lowest BCUT2D eigenvalue weighted by Gasteiger charge is -2.36. The normalized spacial score (nSPS) is 19.9. The Hall–Kier alpha value is -2.77. The molecule has 4 nitrogen and oxygen atoms in total. The Kier molecular flexibility index (Phi) is 7.08. The van der Waals surface area contributed by atoms with Gasteiger partial charge in [-0.2, -0.15) is 0 Å². The number of methoxy groups -OCH3 is 2. The highest BCUT2D eigenvalue weighted by Crippen LogP contribution is 2.39. The van der Waals surface area contributed by atoms with Gasteiger partial charge in [-0.3, -0.25) is 4.74 Å². The van der Waals surface area contributed by atoms with E-state index in [1.165, 1.54) is 13.2 Å². The molecule has 0 heterocycles. The van der Waals surface area contributed by atoms with Crippen LogP contribution < -0.4 is 10.1 Å². The van der Waals surface area contributed by atoms with Crippen molar-refractivity contribution in [2.45, 2.75) is 31.3 Å². The molecule has 0 saturated heterocycles. The van der Waals surface area contributed by atoms with Crippen LogP contribution in [0.25, 0.3) is 5.57 Å². The third-order valence-electron chi connectivity index (χ3n) is 5.27. The van der Waals surface area contributed by atoms with E-state index in [2.05, 4.69) is 10.1 Å². The fraction of sp³-hybridized carbons (Fsp3) is 0.333. The molecular weight excluding hydrogens is 407 g/mol. The molecule has 1 aliphatic rings. The molecule has 0 amide bonds. The van der Waals surface area contributed by atoms with Gasteiger partial charge in [-0.05, 0) is 42.3 Å². The van der Waals surface area contributed by atoms with Gasteiger partial charge in [-0.15, -0.1) is 13.2 Å². The molecule has 1 aliphatic carbocycles. The van der Waals surface area contributed by atoms with Crippen LogP contribution in [0, 0.1) is 0 Å². The quantitative estimate of drug-likeness (QED) is 0.585.